The molecule has 0 radical (unpaired) electrons. The topological polar surface area (TPSA) is 59.1 Å². The molecule has 0 fully saturated rings. The van der Waals surface area contributed by atoms with Gasteiger partial charge in [0.25, 0.3) is 0 Å². The lowest BCUT2D eigenvalue weighted by molar-refractivity contribution is 0.304. The van der Waals surface area contributed by atoms with Crippen molar-refractivity contribution in [2.75, 3.05) is 6.61 Å². The quantitative estimate of drug-likeness (QED) is 0.429. The maximum Gasteiger partial charge on any atom is 0.122 e. The molecule has 102 valence electrons. The minimum absolute atomic E-state index is 0. The van der Waals surface area contributed by atoms with E-state index in [1.54, 1.807) is 0 Å². The number of nitrogens with one attached hydrogen (secondary N) is 1. The second kappa shape index (κ2) is 9.77. The highest BCUT2D eigenvalue weighted by Crippen LogP contribution is 2.12. The Labute approximate surface area is 116 Å². The highest BCUT2D eigenvalue weighted by molar-refractivity contribution is 5.94. The van der Waals surface area contributed by atoms with E-state index in [2.05, 4.69) is 6.92 Å². The van der Waals surface area contributed by atoms with Gasteiger partial charge in [0.2, 0.25) is 0 Å². The summed E-state index contributed by atoms with van der Waals surface area (Å²) in [4.78, 5) is 0. The first-order chi connectivity index (χ1) is 8.24. The molecule has 3 nitrogen and oxygen atoms in total. The fourth-order valence-electron chi connectivity index (χ4n) is 1.63. The molecule has 1 aromatic rings. The van der Waals surface area contributed by atoms with E-state index in [4.69, 9.17) is 15.9 Å². The Morgan fingerprint density at radius 1 is 1.11 bits per heavy atom. The number of hydrogen-bond donors (Lipinski definition) is 2. The second-order valence-electron chi connectivity index (χ2n) is 4.20. The van der Waals surface area contributed by atoms with E-state index in [0.29, 0.717) is 0 Å². The van der Waals surface area contributed by atoms with Crippen molar-refractivity contribution in [1.29, 1.82) is 5.41 Å². The monoisotopic (exact) mass is 270 g/mol. The van der Waals surface area contributed by atoms with Gasteiger partial charge in [0, 0.05) is 5.56 Å². The molecule has 0 bridgehead atoms. The van der Waals surface area contributed by atoms with Gasteiger partial charge in [-0.05, 0) is 30.7 Å². The molecule has 0 spiro atoms. The molecule has 3 N–H and O–H groups in total. The molecule has 0 unspecified atom stereocenters. The van der Waals surface area contributed by atoms with Gasteiger partial charge in [-0.25, -0.2) is 0 Å². The van der Waals surface area contributed by atoms with Gasteiger partial charge in [-0.1, -0.05) is 32.6 Å². The highest BCUT2D eigenvalue weighted by atomic mass is 35.5. The number of hydrogen-bond acceptors (Lipinski definition) is 2. The van der Waals surface area contributed by atoms with Crippen LogP contribution in [-0.2, 0) is 0 Å². The van der Waals surface area contributed by atoms with Crippen molar-refractivity contribution in [3.05, 3.63) is 29.8 Å². The van der Waals surface area contributed by atoms with E-state index in [0.717, 1.165) is 24.3 Å². The zero-order valence-electron chi connectivity index (χ0n) is 10.9. The Balaban J connectivity index is 0.00000289. The summed E-state index contributed by atoms with van der Waals surface area (Å²) in [7, 11) is 0. The van der Waals surface area contributed by atoms with E-state index < -0.39 is 0 Å². The summed E-state index contributed by atoms with van der Waals surface area (Å²) in [6.45, 7) is 2.98. The lowest BCUT2D eigenvalue weighted by atomic mass is 10.2. The fraction of sp³-hybridized carbons (Fsp3) is 0.500. The first-order valence-electron chi connectivity index (χ1n) is 6.31. The SMILES string of the molecule is CCCCCCCOc1ccc(C(=N)N)cc1.Cl. The van der Waals surface area contributed by atoms with Crippen LogP contribution < -0.4 is 10.5 Å². The molecule has 4 heteroatoms. The van der Waals surface area contributed by atoms with Gasteiger partial charge in [-0.2, -0.15) is 0 Å². The molecule has 0 atom stereocenters. The summed E-state index contributed by atoms with van der Waals surface area (Å²) in [5.41, 5.74) is 6.11. The number of benzene rings is 1. The van der Waals surface area contributed by atoms with Crippen LogP contribution in [0, 0.1) is 5.41 Å². The molecule has 0 aromatic heterocycles. The first-order valence-corrected chi connectivity index (χ1v) is 6.31. The van der Waals surface area contributed by atoms with E-state index >= 15 is 0 Å². The van der Waals surface area contributed by atoms with Gasteiger partial charge in [-0.3, -0.25) is 5.41 Å². The maximum atomic E-state index is 7.28. The molecule has 0 amide bonds. The Morgan fingerprint density at radius 3 is 2.28 bits per heavy atom. The van der Waals surface area contributed by atoms with Crippen LogP contribution in [0.3, 0.4) is 0 Å². The average molecular weight is 271 g/mol. The molecule has 0 saturated heterocycles. The standard InChI is InChI=1S/C14H22N2O.ClH/c1-2-3-4-5-6-11-17-13-9-7-12(8-10-13)14(15)16;/h7-10H,2-6,11H2,1H3,(H3,15,16);1H. The van der Waals surface area contributed by atoms with E-state index in [-0.39, 0.29) is 18.2 Å². The summed E-state index contributed by atoms with van der Waals surface area (Å²) < 4.78 is 5.61. The fourth-order valence-corrected chi connectivity index (χ4v) is 1.63. The number of nitrogens with two attached hydrogens (primary N) is 1. The van der Waals surface area contributed by atoms with Crippen LogP contribution in [0.2, 0.25) is 0 Å². The number of rotatable bonds is 8. The van der Waals surface area contributed by atoms with Crippen molar-refractivity contribution in [2.24, 2.45) is 5.73 Å². The van der Waals surface area contributed by atoms with E-state index in [1.165, 1.54) is 25.7 Å². The molecule has 0 saturated carbocycles. The smallest absolute Gasteiger partial charge is 0.122 e. The molecule has 18 heavy (non-hydrogen) atoms. The zero-order valence-corrected chi connectivity index (χ0v) is 11.8. The van der Waals surface area contributed by atoms with Crippen molar-refractivity contribution in [3.8, 4) is 5.75 Å². The van der Waals surface area contributed by atoms with Crippen molar-refractivity contribution < 1.29 is 4.74 Å². The van der Waals surface area contributed by atoms with Crippen LogP contribution in [0.25, 0.3) is 0 Å². The van der Waals surface area contributed by atoms with Crippen LogP contribution in [-0.4, -0.2) is 12.4 Å². The van der Waals surface area contributed by atoms with E-state index in [9.17, 15) is 0 Å². The largest absolute Gasteiger partial charge is 0.494 e. The Kier molecular flexibility index (Phi) is 9.11. The normalized spacial score (nSPS) is 9.61. The summed E-state index contributed by atoms with van der Waals surface area (Å²) in [6.07, 6.45) is 6.22. The van der Waals surface area contributed by atoms with Gasteiger partial charge < -0.3 is 10.5 Å². The number of ether oxygens (including phenoxy) is 1. The molecular formula is C14H23ClN2O. The molecule has 0 aliphatic rings. The van der Waals surface area contributed by atoms with Crippen molar-refractivity contribution in [3.63, 3.8) is 0 Å². The minimum Gasteiger partial charge on any atom is -0.494 e. The predicted molar refractivity (Wildman–Crippen MR) is 79.0 cm³/mol. The predicted octanol–water partition coefficient (Wildman–Crippen LogP) is 3.74. The lowest BCUT2D eigenvalue weighted by Crippen LogP contribution is -2.10. The minimum atomic E-state index is 0. The summed E-state index contributed by atoms with van der Waals surface area (Å²) in [5.74, 6) is 0.946. The van der Waals surface area contributed by atoms with Gasteiger partial charge in [0.05, 0.1) is 6.61 Å². The van der Waals surface area contributed by atoms with Crippen molar-refractivity contribution >= 4 is 18.2 Å². The van der Waals surface area contributed by atoms with Crippen LogP contribution >= 0.6 is 12.4 Å². The van der Waals surface area contributed by atoms with Gasteiger partial charge in [0.15, 0.2) is 0 Å². The van der Waals surface area contributed by atoms with Crippen LogP contribution in [0.15, 0.2) is 24.3 Å². The van der Waals surface area contributed by atoms with Crippen LogP contribution in [0.1, 0.15) is 44.6 Å². The lowest BCUT2D eigenvalue weighted by Gasteiger charge is -2.06. The molecular weight excluding hydrogens is 248 g/mol. The first kappa shape index (κ1) is 16.8. The molecule has 1 rings (SSSR count). The number of nitrogen functional groups attached to an aromatic ring is 1. The third kappa shape index (κ3) is 6.50. The molecule has 0 aliphatic carbocycles. The highest BCUT2D eigenvalue weighted by Gasteiger charge is 1.97. The average Bonchev–Trinajstić information content (AvgIpc) is 2.34. The number of amidine groups is 1. The van der Waals surface area contributed by atoms with Crippen LogP contribution in [0.5, 0.6) is 5.75 Å². The van der Waals surface area contributed by atoms with Gasteiger partial charge in [-0.15, -0.1) is 12.4 Å². The Hall–Kier alpha value is -1.22. The van der Waals surface area contributed by atoms with Gasteiger partial charge >= 0.3 is 0 Å². The molecule has 1 aromatic carbocycles. The molecule has 0 aliphatic heterocycles. The third-order valence-corrected chi connectivity index (χ3v) is 2.68. The maximum absolute atomic E-state index is 7.28. The summed E-state index contributed by atoms with van der Waals surface area (Å²) in [5, 5.41) is 7.28. The van der Waals surface area contributed by atoms with Crippen LogP contribution in [0.4, 0.5) is 0 Å². The van der Waals surface area contributed by atoms with Gasteiger partial charge in [0.1, 0.15) is 11.6 Å². The third-order valence-electron chi connectivity index (χ3n) is 2.68. The molecule has 0 heterocycles. The number of unbranched alkanes of at least 4 members (excludes halogenated alkanes) is 4. The summed E-state index contributed by atoms with van der Waals surface area (Å²) >= 11 is 0. The van der Waals surface area contributed by atoms with E-state index in [1.807, 2.05) is 24.3 Å². The second-order valence-corrected chi connectivity index (χ2v) is 4.20. The Bertz CT molecular complexity index is 338. The van der Waals surface area contributed by atoms with Crippen molar-refractivity contribution in [1.82, 2.24) is 0 Å². The summed E-state index contributed by atoms with van der Waals surface area (Å²) in [6, 6.07) is 7.36. The zero-order chi connectivity index (χ0) is 12.5. The Morgan fingerprint density at radius 2 is 1.72 bits per heavy atom. The number of halogens is 1. The van der Waals surface area contributed by atoms with Crippen molar-refractivity contribution in [2.45, 2.75) is 39.0 Å².